The van der Waals surface area contributed by atoms with Gasteiger partial charge in [-0.15, -0.1) is 0 Å². The number of hydrogen-bond donors (Lipinski definition) is 0. The number of nitriles is 1. The van der Waals surface area contributed by atoms with Crippen molar-refractivity contribution in [2.24, 2.45) is 13.0 Å². The number of esters is 1. The third kappa shape index (κ3) is 3.39. The van der Waals surface area contributed by atoms with Gasteiger partial charge >= 0.3 is 5.97 Å². The summed E-state index contributed by atoms with van der Waals surface area (Å²) in [4.78, 5) is 11.3. The van der Waals surface area contributed by atoms with Crippen molar-refractivity contribution < 1.29 is 9.53 Å². The number of rotatable bonds is 5. The van der Waals surface area contributed by atoms with Crippen LogP contribution in [0.25, 0.3) is 0 Å². The maximum absolute atomic E-state index is 11.3. The Morgan fingerprint density at radius 2 is 2.50 bits per heavy atom. The van der Waals surface area contributed by atoms with E-state index in [2.05, 4.69) is 5.10 Å². The first-order valence-corrected chi connectivity index (χ1v) is 5.21. The molecule has 0 spiro atoms. The van der Waals surface area contributed by atoms with E-state index in [4.69, 9.17) is 10.00 Å². The van der Waals surface area contributed by atoms with Gasteiger partial charge in [-0.05, 0) is 25.3 Å². The Hall–Kier alpha value is -1.83. The van der Waals surface area contributed by atoms with Gasteiger partial charge in [-0.3, -0.25) is 9.48 Å². The van der Waals surface area contributed by atoms with Crippen LogP contribution in [-0.2, 0) is 23.0 Å². The Kier molecular flexibility index (Phi) is 4.52. The molecule has 0 amide bonds. The average molecular weight is 221 g/mol. The summed E-state index contributed by atoms with van der Waals surface area (Å²) in [6.07, 6.45) is 4.74. The highest BCUT2D eigenvalue weighted by atomic mass is 16.5. The highest BCUT2D eigenvalue weighted by Gasteiger charge is 2.18. The van der Waals surface area contributed by atoms with Crippen molar-refractivity contribution in [3.8, 4) is 6.07 Å². The second kappa shape index (κ2) is 5.91. The largest absolute Gasteiger partial charge is 0.465 e. The van der Waals surface area contributed by atoms with Crippen LogP contribution in [0.1, 0.15) is 18.9 Å². The highest BCUT2D eigenvalue weighted by molar-refractivity contribution is 5.75. The summed E-state index contributed by atoms with van der Waals surface area (Å²) in [6.45, 7) is 2.04. The number of aryl methyl sites for hydroxylation is 2. The molecular formula is C11H15N3O2. The van der Waals surface area contributed by atoms with Crippen LogP contribution < -0.4 is 0 Å². The third-order valence-corrected chi connectivity index (χ3v) is 2.21. The second-order valence-electron chi connectivity index (χ2n) is 3.49. The van der Waals surface area contributed by atoms with Gasteiger partial charge in [-0.2, -0.15) is 10.4 Å². The van der Waals surface area contributed by atoms with Crippen LogP contribution in [0.2, 0.25) is 0 Å². The quantitative estimate of drug-likeness (QED) is 0.697. The molecular weight excluding hydrogens is 206 g/mol. The first-order chi connectivity index (χ1) is 7.67. The first-order valence-electron chi connectivity index (χ1n) is 5.21. The Morgan fingerprint density at radius 1 is 1.75 bits per heavy atom. The SMILES string of the molecule is CCOC(=O)C(C#N)CCc1cnn(C)c1. The average Bonchev–Trinajstić information content (AvgIpc) is 2.65. The van der Waals surface area contributed by atoms with E-state index in [0.29, 0.717) is 19.4 Å². The van der Waals surface area contributed by atoms with Crippen LogP contribution >= 0.6 is 0 Å². The van der Waals surface area contributed by atoms with Crippen molar-refractivity contribution in [1.29, 1.82) is 5.26 Å². The minimum atomic E-state index is -0.680. The maximum Gasteiger partial charge on any atom is 0.323 e. The third-order valence-electron chi connectivity index (χ3n) is 2.21. The molecule has 0 saturated heterocycles. The fraction of sp³-hybridized carbons (Fsp3) is 0.545. The van der Waals surface area contributed by atoms with Crippen molar-refractivity contribution in [2.75, 3.05) is 6.61 Å². The van der Waals surface area contributed by atoms with Crippen LogP contribution in [0.15, 0.2) is 12.4 Å². The molecule has 5 heteroatoms. The minimum absolute atomic E-state index is 0.309. The zero-order valence-corrected chi connectivity index (χ0v) is 9.51. The van der Waals surface area contributed by atoms with E-state index in [0.717, 1.165) is 5.56 Å². The minimum Gasteiger partial charge on any atom is -0.465 e. The molecule has 5 nitrogen and oxygen atoms in total. The number of aromatic nitrogens is 2. The molecule has 0 radical (unpaired) electrons. The zero-order valence-electron chi connectivity index (χ0n) is 9.51. The van der Waals surface area contributed by atoms with E-state index in [-0.39, 0.29) is 0 Å². The predicted octanol–water partition coefficient (Wildman–Crippen LogP) is 1.06. The van der Waals surface area contributed by atoms with Crippen LogP contribution in [0.5, 0.6) is 0 Å². The van der Waals surface area contributed by atoms with Gasteiger partial charge in [-0.25, -0.2) is 0 Å². The number of hydrogen-bond acceptors (Lipinski definition) is 4. The molecule has 0 aliphatic rings. The van der Waals surface area contributed by atoms with Crippen LogP contribution in [0.3, 0.4) is 0 Å². The van der Waals surface area contributed by atoms with Crippen LogP contribution in [0, 0.1) is 17.2 Å². The Labute approximate surface area is 94.6 Å². The fourth-order valence-electron chi connectivity index (χ4n) is 1.39. The van der Waals surface area contributed by atoms with Crippen molar-refractivity contribution in [3.63, 3.8) is 0 Å². The van der Waals surface area contributed by atoms with Gasteiger partial charge in [0.15, 0.2) is 0 Å². The number of nitrogens with zero attached hydrogens (tertiary/aromatic N) is 3. The summed E-state index contributed by atoms with van der Waals surface area (Å²) in [5.74, 6) is -1.12. The fourth-order valence-corrected chi connectivity index (χ4v) is 1.39. The predicted molar refractivity (Wildman–Crippen MR) is 57.3 cm³/mol. The lowest BCUT2D eigenvalue weighted by Gasteiger charge is -2.06. The van der Waals surface area contributed by atoms with Crippen molar-refractivity contribution in [2.45, 2.75) is 19.8 Å². The summed E-state index contributed by atoms with van der Waals surface area (Å²) < 4.78 is 6.50. The van der Waals surface area contributed by atoms with Gasteiger partial charge < -0.3 is 4.74 Å². The Bertz CT molecular complexity index is 392. The van der Waals surface area contributed by atoms with E-state index < -0.39 is 11.9 Å². The number of carbonyl (C=O) groups is 1. The van der Waals surface area contributed by atoms with Gasteiger partial charge in [0.25, 0.3) is 0 Å². The van der Waals surface area contributed by atoms with Gasteiger partial charge in [0.05, 0.1) is 18.9 Å². The highest BCUT2D eigenvalue weighted by Crippen LogP contribution is 2.10. The molecule has 1 aromatic heterocycles. The number of carbonyl (C=O) groups excluding carboxylic acids is 1. The second-order valence-corrected chi connectivity index (χ2v) is 3.49. The molecule has 16 heavy (non-hydrogen) atoms. The van der Waals surface area contributed by atoms with E-state index in [1.54, 1.807) is 17.8 Å². The van der Waals surface area contributed by atoms with E-state index >= 15 is 0 Å². The van der Waals surface area contributed by atoms with E-state index in [9.17, 15) is 4.79 Å². The topological polar surface area (TPSA) is 67.9 Å². The molecule has 0 aliphatic carbocycles. The molecule has 0 bridgehead atoms. The van der Waals surface area contributed by atoms with E-state index in [1.165, 1.54) is 0 Å². The molecule has 1 heterocycles. The van der Waals surface area contributed by atoms with Crippen molar-refractivity contribution in [3.05, 3.63) is 18.0 Å². The Balaban J connectivity index is 2.46. The summed E-state index contributed by atoms with van der Waals surface area (Å²) in [6, 6.07) is 1.96. The molecule has 0 N–H and O–H groups in total. The van der Waals surface area contributed by atoms with Crippen LogP contribution in [-0.4, -0.2) is 22.4 Å². The summed E-state index contributed by atoms with van der Waals surface area (Å²) in [5.41, 5.74) is 1.02. The molecule has 0 saturated carbocycles. The van der Waals surface area contributed by atoms with Gasteiger partial charge in [0.2, 0.25) is 0 Å². The van der Waals surface area contributed by atoms with Gasteiger partial charge in [0.1, 0.15) is 5.92 Å². The standard InChI is InChI=1S/C11H15N3O2/c1-3-16-11(15)10(6-12)5-4-9-7-13-14(2)8-9/h7-8,10H,3-5H2,1-2H3. The molecule has 0 aliphatic heterocycles. The first kappa shape index (κ1) is 12.2. The maximum atomic E-state index is 11.3. The summed E-state index contributed by atoms with van der Waals surface area (Å²) in [5, 5.41) is 12.9. The lowest BCUT2D eigenvalue weighted by molar-refractivity contribution is -0.146. The monoisotopic (exact) mass is 221 g/mol. The number of ether oxygens (including phenoxy) is 1. The smallest absolute Gasteiger partial charge is 0.323 e. The van der Waals surface area contributed by atoms with E-state index in [1.807, 2.05) is 19.3 Å². The van der Waals surface area contributed by atoms with Crippen molar-refractivity contribution >= 4 is 5.97 Å². The van der Waals surface area contributed by atoms with Crippen molar-refractivity contribution in [1.82, 2.24) is 9.78 Å². The molecule has 0 aromatic carbocycles. The Morgan fingerprint density at radius 3 is 3.00 bits per heavy atom. The lowest BCUT2D eigenvalue weighted by Crippen LogP contribution is -2.16. The van der Waals surface area contributed by atoms with Gasteiger partial charge in [0, 0.05) is 13.2 Å². The molecule has 1 atom stereocenters. The summed E-state index contributed by atoms with van der Waals surface area (Å²) in [7, 11) is 1.83. The molecule has 0 fully saturated rings. The molecule has 1 unspecified atom stereocenters. The van der Waals surface area contributed by atoms with Crippen LogP contribution in [0.4, 0.5) is 0 Å². The lowest BCUT2D eigenvalue weighted by atomic mass is 10.0. The zero-order chi connectivity index (χ0) is 12.0. The van der Waals surface area contributed by atoms with Gasteiger partial charge in [-0.1, -0.05) is 0 Å². The molecule has 1 aromatic rings. The molecule has 86 valence electrons. The summed E-state index contributed by atoms with van der Waals surface area (Å²) >= 11 is 0. The molecule has 1 rings (SSSR count). The normalized spacial score (nSPS) is 11.8.